The van der Waals surface area contributed by atoms with Gasteiger partial charge in [-0.15, -0.1) is 0 Å². The van der Waals surface area contributed by atoms with E-state index < -0.39 is 0 Å². The molecule has 24 heavy (non-hydrogen) atoms. The molecule has 5 heteroatoms. The number of rotatable bonds is 7. The van der Waals surface area contributed by atoms with Gasteiger partial charge >= 0.3 is 0 Å². The zero-order chi connectivity index (χ0) is 16.4. The van der Waals surface area contributed by atoms with Gasteiger partial charge in [0.15, 0.2) is 0 Å². The van der Waals surface area contributed by atoms with Gasteiger partial charge in [0.2, 0.25) is 0 Å². The van der Waals surface area contributed by atoms with Crippen LogP contribution in [0.2, 0.25) is 0 Å². The van der Waals surface area contributed by atoms with Crippen molar-refractivity contribution in [3.63, 3.8) is 0 Å². The van der Waals surface area contributed by atoms with Crippen LogP contribution in [0.15, 0.2) is 48.5 Å². The highest BCUT2D eigenvalue weighted by Gasteiger charge is 2.23. The zero-order valence-electron chi connectivity index (χ0n) is 13.4. The number of fused-ring (bicyclic) bond motifs is 1. The maximum atomic E-state index is 5.89. The molecule has 1 aliphatic rings. The van der Waals surface area contributed by atoms with E-state index in [-0.39, 0.29) is 0 Å². The lowest BCUT2D eigenvalue weighted by Crippen LogP contribution is -2.39. The van der Waals surface area contributed by atoms with Crippen LogP contribution in [0.5, 0.6) is 10.9 Å². The predicted octanol–water partition coefficient (Wildman–Crippen LogP) is 3.71. The lowest BCUT2D eigenvalue weighted by molar-refractivity contribution is 0.479. The normalized spacial score (nSPS) is 15.5. The number of aromatic nitrogens is 1. The van der Waals surface area contributed by atoms with E-state index in [9.17, 15) is 0 Å². The molecule has 0 bridgehead atoms. The van der Waals surface area contributed by atoms with Crippen LogP contribution in [-0.2, 0) is 6.42 Å². The highest BCUT2D eigenvalue weighted by molar-refractivity contribution is 7.20. The summed E-state index contributed by atoms with van der Waals surface area (Å²) in [5.41, 5.74) is 8.12. The minimum Gasteiger partial charge on any atom is -0.431 e. The first kappa shape index (κ1) is 15.6. The summed E-state index contributed by atoms with van der Waals surface area (Å²) in [5, 5.41) is 4.27. The van der Waals surface area contributed by atoms with E-state index in [0.29, 0.717) is 23.8 Å². The van der Waals surface area contributed by atoms with E-state index in [1.165, 1.54) is 18.4 Å². The Bertz CT molecular complexity index is 778. The van der Waals surface area contributed by atoms with Gasteiger partial charge in [0, 0.05) is 18.6 Å². The maximum absolute atomic E-state index is 5.89. The summed E-state index contributed by atoms with van der Waals surface area (Å²) in [6.07, 6.45) is 3.52. The van der Waals surface area contributed by atoms with Gasteiger partial charge in [-0.3, -0.25) is 0 Å². The second kappa shape index (κ2) is 6.89. The van der Waals surface area contributed by atoms with Crippen molar-refractivity contribution in [2.75, 3.05) is 6.54 Å². The molecule has 3 aromatic rings. The molecule has 4 rings (SSSR count). The summed E-state index contributed by atoms with van der Waals surface area (Å²) >= 11 is 1.56. The molecule has 1 aliphatic carbocycles. The predicted molar refractivity (Wildman–Crippen MR) is 98.8 cm³/mol. The fraction of sp³-hybridized carbons (Fsp3) is 0.316. The topological polar surface area (TPSA) is 60.2 Å². The molecule has 1 saturated carbocycles. The van der Waals surface area contributed by atoms with E-state index in [0.717, 1.165) is 22.4 Å². The number of ether oxygens (including phenoxy) is 1. The SMILES string of the molecule is NCC(Cc1ccc(Oc2nc3ccccc3s2)cc1)NC1CC1. The quantitative estimate of drug-likeness (QED) is 0.689. The Balaban J connectivity index is 1.41. The molecule has 1 aromatic heterocycles. The number of nitrogens with two attached hydrogens (primary N) is 1. The van der Waals surface area contributed by atoms with Crippen LogP contribution in [0.25, 0.3) is 10.2 Å². The summed E-state index contributed by atoms with van der Waals surface area (Å²) in [5.74, 6) is 0.817. The minimum absolute atomic E-state index is 0.355. The van der Waals surface area contributed by atoms with Gasteiger partial charge in [-0.25, -0.2) is 4.98 Å². The summed E-state index contributed by atoms with van der Waals surface area (Å²) in [6.45, 7) is 0.667. The largest absolute Gasteiger partial charge is 0.431 e. The van der Waals surface area contributed by atoms with Gasteiger partial charge in [0.1, 0.15) is 5.75 Å². The highest BCUT2D eigenvalue weighted by atomic mass is 32.1. The van der Waals surface area contributed by atoms with Crippen molar-refractivity contribution in [2.24, 2.45) is 5.73 Å². The van der Waals surface area contributed by atoms with Crippen molar-refractivity contribution in [3.8, 4) is 10.9 Å². The number of benzene rings is 2. The number of hydrogen-bond donors (Lipinski definition) is 2. The molecular weight excluding hydrogens is 318 g/mol. The Morgan fingerprint density at radius 1 is 1.17 bits per heavy atom. The first-order valence-corrected chi connectivity index (χ1v) is 9.20. The van der Waals surface area contributed by atoms with E-state index >= 15 is 0 Å². The van der Waals surface area contributed by atoms with Crippen LogP contribution in [-0.4, -0.2) is 23.6 Å². The molecule has 2 aromatic carbocycles. The molecule has 0 amide bonds. The average molecular weight is 339 g/mol. The second-order valence-corrected chi connectivity index (χ2v) is 7.26. The molecular formula is C19H21N3OS. The van der Waals surface area contributed by atoms with E-state index in [4.69, 9.17) is 10.5 Å². The number of para-hydroxylation sites is 1. The molecule has 1 heterocycles. The smallest absolute Gasteiger partial charge is 0.279 e. The third kappa shape index (κ3) is 3.75. The van der Waals surface area contributed by atoms with Crippen molar-refractivity contribution < 1.29 is 4.74 Å². The van der Waals surface area contributed by atoms with Gasteiger partial charge in [0.05, 0.1) is 10.2 Å². The van der Waals surface area contributed by atoms with Crippen molar-refractivity contribution in [1.82, 2.24) is 10.3 Å². The number of hydrogen-bond acceptors (Lipinski definition) is 5. The van der Waals surface area contributed by atoms with Crippen LogP contribution in [0, 0.1) is 0 Å². The van der Waals surface area contributed by atoms with Crippen LogP contribution >= 0.6 is 11.3 Å². The van der Waals surface area contributed by atoms with E-state index in [1.54, 1.807) is 11.3 Å². The number of nitrogens with zero attached hydrogens (tertiary/aromatic N) is 1. The fourth-order valence-electron chi connectivity index (χ4n) is 2.77. The lowest BCUT2D eigenvalue weighted by Gasteiger charge is -2.16. The van der Waals surface area contributed by atoms with Crippen molar-refractivity contribution in [2.45, 2.75) is 31.3 Å². The van der Waals surface area contributed by atoms with Gasteiger partial charge in [-0.2, -0.15) is 0 Å². The Kier molecular flexibility index (Phi) is 4.47. The first-order chi connectivity index (χ1) is 11.8. The van der Waals surface area contributed by atoms with Gasteiger partial charge < -0.3 is 15.8 Å². The van der Waals surface area contributed by atoms with Crippen LogP contribution < -0.4 is 15.8 Å². The van der Waals surface area contributed by atoms with Crippen LogP contribution in [0.3, 0.4) is 0 Å². The highest BCUT2D eigenvalue weighted by Crippen LogP contribution is 2.31. The Hall–Kier alpha value is -1.95. The van der Waals surface area contributed by atoms with Crippen molar-refractivity contribution in [3.05, 3.63) is 54.1 Å². The Morgan fingerprint density at radius 3 is 2.67 bits per heavy atom. The average Bonchev–Trinajstić information content (AvgIpc) is 3.32. The summed E-state index contributed by atoms with van der Waals surface area (Å²) in [4.78, 5) is 4.50. The lowest BCUT2D eigenvalue weighted by atomic mass is 10.1. The Morgan fingerprint density at radius 2 is 1.96 bits per heavy atom. The summed E-state index contributed by atoms with van der Waals surface area (Å²) in [7, 11) is 0. The summed E-state index contributed by atoms with van der Waals surface area (Å²) < 4.78 is 7.03. The molecule has 124 valence electrons. The zero-order valence-corrected chi connectivity index (χ0v) is 14.3. The summed E-state index contributed by atoms with van der Waals surface area (Å²) in [6, 6.07) is 17.3. The minimum atomic E-state index is 0.355. The Labute approximate surface area is 145 Å². The molecule has 0 saturated heterocycles. The number of thiazole rings is 1. The third-order valence-electron chi connectivity index (χ3n) is 4.22. The van der Waals surface area contributed by atoms with Crippen LogP contribution in [0.1, 0.15) is 18.4 Å². The monoisotopic (exact) mass is 339 g/mol. The molecule has 1 unspecified atom stereocenters. The third-order valence-corrected chi connectivity index (χ3v) is 5.13. The standard InChI is InChI=1S/C19H21N3OS/c20-12-15(21-14-7-8-14)11-13-5-9-16(10-6-13)23-19-22-17-3-1-2-4-18(17)24-19/h1-6,9-10,14-15,21H,7-8,11-12,20H2. The fourth-order valence-corrected chi connectivity index (χ4v) is 3.60. The van der Waals surface area contributed by atoms with E-state index in [1.807, 2.05) is 30.3 Å². The molecule has 1 fully saturated rings. The molecule has 0 spiro atoms. The number of nitrogens with one attached hydrogen (secondary N) is 1. The van der Waals surface area contributed by atoms with Crippen LogP contribution in [0.4, 0.5) is 0 Å². The van der Waals surface area contributed by atoms with Crippen molar-refractivity contribution >= 4 is 21.6 Å². The second-order valence-electron chi connectivity index (χ2n) is 6.27. The van der Waals surface area contributed by atoms with Gasteiger partial charge in [0.25, 0.3) is 5.19 Å². The molecule has 3 N–H and O–H groups in total. The van der Waals surface area contributed by atoms with Crippen molar-refractivity contribution in [1.29, 1.82) is 0 Å². The van der Waals surface area contributed by atoms with Gasteiger partial charge in [-0.1, -0.05) is 35.6 Å². The van der Waals surface area contributed by atoms with E-state index in [2.05, 4.69) is 28.5 Å². The maximum Gasteiger partial charge on any atom is 0.279 e. The molecule has 4 nitrogen and oxygen atoms in total. The molecule has 0 aliphatic heterocycles. The molecule has 1 atom stereocenters. The molecule has 0 radical (unpaired) electrons. The van der Waals surface area contributed by atoms with Gasteiger partial charge in [-0.05, 0) is 49.1 Å². The first-order valence-electron chi connectivity index (χ1n) is 8.38.